The predicted molar refractivity (Wildman–Crippen MR) is 62.5 cm³/mol. The van der Waals surface area contributed by atoms with Gasteiger partial charge in [-0.1, -0.05) is 12.6 Å². The normalized spacial score (nSPS) is 9.71. The molecule has 0 aliphatic heterocycles. The Bertz CT molecular complexity index is 537. The van der Waals surface area contributed by atoms with E-state index in [1.54, 1.807) is 0 Å². The Morgan fingerprint density at radius 3 is 2.47 bits per heavy atom. The molecule has 0 bridgehead atoms. The Morgan fingerprint density at radius 2 is 2.00 bits per heavy atom. The minimum atomic E-state index is -1.71. The monoisotopic (exact) mass is 299 g/mol. The third-order valence-electron chi connectivity index (χ3n) is 1.96. The summed E-state index contributed by atoms with van der Waals surface area (Å²) in [5, 5.41) is 19.3. The highest BCUT2D eigenvalue weighted by atomic mass is 79.9. The lowest BCUT2D eigenvalue weighted by Gasteiger charge is -2.05. The van der Waals surface area contributed by atoms with Crippen molar-refractivity contribution >= 4 is 38.9 Å². The van der Waals surface area contributed by atoms with Crippen LogP contribution in [0, 0.1) is 10.1 Å². The van der Waals surface area contributed by atoms with Gasteiger partial charge >= 0.3 is 5.97 Å². The third kappa shape index (κ3) is 2.56. The van der Waals surface area contributed by atoms with Gasteiger partial charge in [0.1, 0.15) is 0 Å². The van der Waals surface area contributed by atoms with Gasteiger partial charge in [0.15, 0.2) is 0 Å². The molecule has 0 atom stereocenters. The van der Waals surface area contributed by atoms with E-state index in [1.807, 2.05) is 0 Å². The number of nitro groups is 1. The minimum Gasteiger partial charge on any atom is -0.475 e. The van der Waals surface area contributed by atoms with Crippen molar-refractivity contribution in [3.8, 4) is 0 Å². The molecule has 7 heteroatoms. The first kappa shape index (κ1) is 13.0. The summed E-state index contributed by atoms with van der Waals surface area (Å²) >= 11 is 3.02. The van der Waals surface area contributed by atoms with Crippen molar-refractivity contribution in [3.05, 3.63) is 44.9 Å². The van der Waals surface area contributed by atoms with Crippen LogP contribution in [0.3, 0.4) is 0 Å². The number of nitro benzene ring substituents is 1. The summed E-state index contributed by atoms with van der Waals surface area (Å²) in [6.07, 6.45) is 0. The molecule has 6 nitrogen and oxygen atoms in total. The zero-order chi connectivity index (χ0) is 13.2. The Kier molecular flexibility index (Phi) is 3.74. The number of carboxylic acid groups (broad SMARTS) is 1. The van der Waals surface area contributed by atoms with E-state index in [9.17, 15) is 19.7 Å². The van der Waals surface area contributed by atoms with Gasteiger partial charge in [-0.25, -0.2) is 4.79 Å². The molecule has 0 radical (unpaired) electrons. The van der Waals surface area contributed by atoms with Crippen molar-refractivity contribution in [2.75, 3.05) is 0 Å². The second-order valence-electron chi connectivity index (χ2n) is 3.00. The summed E-state index contributed by atoms with van der Waals surface area (Å²) in [6.45, 7) is 3.29. The number of ketones is 1. The number of carboxylic acids is 1. The lowest BCUT2D eigenvalue weighted by atomic mass is 10.0. The first-order chi connectivity index (χ1) is 7.86. The molecule has 0 aliphatic carbocycles. The van der Waals surface area contributed by atoms with Crippen LogP contribution in [-0.4, -0.2) is 21.8 Å². The van der Waals surface area contributed by atoms with Gasteiger partial charge in [-0.3, -0.25) is 14.9 Å². The van der Waals surface area contributed by atoms with Gasteiger partial charge in [0.25, 0.3) is 11.5 Å². The molecule has 0 aliphatic rings. The molecule has 1 aromatic carbocycles. The lowest BCUT2D eigenvalue weighted by Crippen LogP contribution is -2.14. The average Bonchev–Trinajstić information content (AvgIpc) is 2.26. The first-order valence-corrected chi connectivity index (χ1v) is 5.05. The topological polar surface area (TPSA) is 97.5 Å². The molecular weight excluding hydrogens is 294 g/mol. The standard InChI is InChI=1S/C10H6BrNO5/c1-5(9(13)10(14)15)8-6(11)3-2-4-7(8)12(16)17/h2-4H,1H2,(H,14,15). The quantitative estimate of drug-likeness (QED) is 0.397. The van der Waals surface area contributed by atoms with Crippen molar-refractivity contribution < 1.29 is 19.6 Å². The van der Waals surface area contributed by atoms with E-state index in [0.29, 0.717) is 0 Å². The Labute approximate surface area is 104 Å². The molecule has 0 amide bonds. The molecule has 0 saturated carbocycles. The fourth-order valence-electron chi connectivity index (χ4n) is 1.21. The molecule has 1 aromatic rings. The second-order valence-corrected chi connectivity index (χ2v) is 3.86. The largest absolute Gasteiger partial charge is 0.475 e. The van der Waals surface area contributed by atoms with Gasteiger partial charge in [-0.2, -0.15) is 0 Å². The van der Waals surface area contributed by atoms with Gasteiger partial charge in [0.2, 0.25) is 0 Å². The summed E-state index contributed by atoms with van der Waals surface area (Å²) in [4.78, 5) is 31.8. The number of hydrogen-bond acceptors (Lipinski definition) is 4. The van der Waals surface area contributed by atoms with Crippen LogP contribution in [0.1, 0.15) is 5.56 Å². The number of hydrogen-bond donors (Lipinski definition) is 1. The van der Waals surface area contributed by atoms with Gasteiger partial charge in [0.05, 0.1) is 10.5 Å². The highest BCUT2D eigenvalue weighted by Gasteiger charge is 2.26. The molecule has 1 N–H and O–H groups in total. The van der Waals surface area contributed by atoms with Gasteiger partial charge < -0.3 is 5.11 Å². The molecule has 0 saturated heterocycles. The number of carbonyl (C=O) groups is 2. The van der Waals surface area contributed by atoms with Crippen LogP contribution >= 0.6 is 15.9 Å². The van der Waals surface area contributed by atoms with Crippen molar-refractivity contribution in [1.29, 1.82) is 0 Å². The highest BCUT2D eigenvalue weighted by Crippen LogP contribution is 2.32. The SMILES string of the molecule is C=C(C(=O)C(=O)O)c1c(Br)cccc1[N+](=O)[O-]. The molecule has 0 fully saturated rings. The number of nitrogens with zero attached hydrogens (tertiary/aromatic N) is 1. The number of halogens is 1. The molecule has 88 valence electrons. The molecule has 0 aromatic heterocycles. The van der Waals surface area contributed by atoms with Crippen LogP contribution in [-0.2, 0) is 9.59 Å². The Balaban J connectivity index is 3.40. The maximum absolute atomic E-state index is 11.2. The van der Waals surface area contributed by atoms with Crippen molar-refractivity contribution in [3.63, 3.8) is 0 Å². The maximum atomic E-state index is 11.2. The van der Waals surface area contributed by atoms with Crippen LogP contribution in [0.25, 0.3) is 5.57 Å². The number of Topliss-reactive ketones (excluding diaryl/α,β-unsaturated/α-hetero) is 1. The van der Waals surface area contributed by atoms with Gasteiger partial charge in [-0.15, -0.1) is 0 Å². The summed E-state index contributed by atoms with van der Waals surface area (Å²) < 4.78 is 0.242. The molecular formula is C10H6BrNO5. The smallest absolute Gasteiger partial charge is 0.377 e. The summed E-state index contributed by atoms with van der Waals surface area (Å²) in [6, 6.07) is 4.04. The Morgan fingerprint density at radius 1 is 1.41 bits per heavy atom. The fraction of sp³-hybridized carbons (Fsp3) is 0. The van der Waals surface area contributed by atoms with Crippen molar-refractivity contribution in [1.82, 2.24) is 0 Å². The Hall–Kier alpha value is -2.02. The van der Waals surface area contributed by atoms with Crippen LogP contribution in [0.4, 0.5) is 5.69 Å². The predicted octanol–water partition coefficient (Wildman–Crippen LogP) is 2.02. The fourth-order valence-corrected chi connectivity index (χ4v) is 1.80. The molecule has 17 heavy (non-hydrogen) atoms. The third-order valence-corrected chi connectivity index (χ3v) is 2.62. The number of aliphatic carboxylic acids is 1. The summed E-state index contributed by atoms with van der Waals surface area (Å²) in [5.41, 5.74) is -0.930. The van der Waals surface area contributed by atoms with Crippen LogP contribution < -0.4 is 0 Å². The zero-order valence-corrected chi connectivity index (χ0v) is 9.93. The first-order valence-electron chi connectivity index (χ1n) is 4.26. The minimum absolute atomic E-state index is 0.120. The van der Waals surface area contributed by atoms with E-state index in [2.05, 4.69) is 22.5 Å². The zero-order valence-electron chi connectivity index (χ0n) is 8.34. The number of rotatable bonds is 4. The van der Waals surface area contributed by atoms with Crippen molar-refractivity contribution in [2.24, 2.45) is 0 Å². The molecule has 0 unspecified atom stereocenters. The van der Waals surface area contributed by atoms with E-state index in [1.165, 1.54) is 18.2 Å². The van der Waals surface area contributed by atoms with E-state index >= 15 is 0 Å². The summed E-state index contributed by atoms with van der Waals surface area (Å²) in [7, 11) is 0. The highest BCUT2D eigenvalue weighted by molar-refractivity contribution is 9.10. The molecule has 1 rings (SSSR count). The van der Waals surface area contributed by atoms with Crippen molar-refractivity contribution in [2.45, 2.75) is 0 Å². The average molecular weight is 300 g/mol. The van der Waals surface area contributed by atoms with Gasteiger partial charge in [0, 0.05) is 16.1 Å². The van der Waals surface area contributed by atoms with E-state index in [-0.39, 0.29) is 15.7 Å². The van der Waals surface area contributed by atoms with E-state index in [0.717, 1.165) is 0 Å². The van der Waals surface area contributed by atoms with Crippen LogP contribution in [0.5, 0.6) is 0 Å². The number of benzene rings is 1. The van der Waals surface area contributed by atoms with E-state index in [4.69, 9.17) is 5.11 Å². The van der Waals surface area contributed by atoms with Crippen LogP contribution in [0.15, 0.2) is 29.3 Å². The molecule has 0 heterocycles. The van der Waals surface area contributed by atoms with Crippen LogP contribution in [0.2, 0.25) is 0 Å². The number of carbonyl (C=O) groups excluding carboxylic acids is 1. The van der Waals surface area contributed by atoms with E-state index < -0.39 is 22.2 Å². The summed E-state index contributed by atoms with van der Waals surface area (Å²) in [5.74, 6) is -2.99. The maximum Gasteiger partial charge on any atom is 0.377 e. The second kappa shape index (κ2) is 4.88. The lowest BCUT2D eigenvalue weighted by molar-refractivity contribution is -0.385. The van der Waals surface area contributed by atoms with Gasteiger partial charge in [-0.05, 0) is 22.0 Å². The molecule has 0 spiro atoms.